The minimum atomic E-state index is -1.82. The monoisotopic (exact) mass is 1470 g/mol. The molecule has 2 aliphatic heterocycles. The highest BCUT2D eigenvalue weighted by Crippen LogP contribution is 2.23. The van der Waals surface area contributed by atoms with Crippen LogP contribution in [-0.2, 0) is 78.3 Å². The Kier molecular flexibility index (Phi) is 37.9. The van der Waals surface area contributed by atoms with Gasteiger partial charge in [0.2, 0.25) is 70.9 Å². The molecule has 2 saturated heterocycles. The first-order chi connectivity index (χ1) is 49.2. The summed E-state index contributed by atoms with van der Waals surface area (Å²) in [5.41, 5.74) is 6.36. The lowest BCUT2D eigenvalue weighted by atomic mass is 9.95. The van der Waals surface area contributed by atoms with Crippen molar-refractivity contribution in [2.75, 3.05) is 13.1 Å². The molecule has 29 heteroatoms. The molecule has 29 nitrogen and oxygen atoms in total. The van der Waals surface area contributed by atoms with E-state index in [9.17, 15) is 57.5 Å². The van der Waals surface area contributed by atoms with Crippen molar-refractivity contribution < 1.29 is 71.9 Å². The van der Waals surface area contributed by atoms with Crippen LogP contribution in [0.1, 0.15) is 202 Å². The van der Waals surface area contributed by atoms with Crippen molar-refractivity contribution in [3.63, 3.8) is 0 Å². The van der Waals surface area contributed by atoms with E-state index in [0.717, 1.165) is 6.42 Å². The van der Waals surface area contributed by atoms with Gasteiger partial charge in [0.05, 0.1) is 0 Å². The quantitative estimate of drug-likeness (QED) is 0.0355. The Morgan fingerprint density at radius 2 is 1.10 bits per heavy atom. The highest BCUT2D eigenvalue weighted by atomic mass is 16.5. The minimum Gasteiger partial charge on any atom is -0.458 e. The zero-order chi connectivity index (χ0) is 79.4. The number of hydrogen-bond acceptors (Lipinski definition) is 16. The fourth-order valence-corrected chi connectivity index (χ4v) is 12.3. The number of ether oxygens (including phenoxy) is 1. The van der Waals surface area contributed by atoms with Crippen LogP contribution in [0.4, 0.5) is 0 Å². The van der Waals surface area contributed by atoms with Gasteiger partial charge in [0.25, 0.3) is 5.91 Å². The highest BCUT2D eigenvalue weighted by Gasteiger charge is 2.44. The van der Waals surface area contributed by atoms with Crippen molar-refractivity contribution in [3.05, 3.63) is 47.7 Å². The highest BCUT2D eigenvalue weighted by molar-refractivity contribution is 6.03. The van der Waals surface area contributed by atoms with Crippen LogP contribution in [-0.4, -0.2) is 179 Å². The number of allylic oxidation sites excluding steroid dienone is 1. The van der Waals surface area contributed by atoms with Gasteiger partial charge >= 0.3 is 5.97 Å². The predicted molar refractivity (Wildman–Crippen MR) is 398 cm³/mol. The van der Waals surface area contributed by atoms with Crippen molar-refractivity contribution in [2.24, 2.45) is 59.0 Å². The molecule has 105 heavy (non-hydrogen) atoms. The van der Waals surface area contributed by atoms with Gasteiger partial charge < -0.3 is 79.2 Å². The number of nitrogens with zero attached hydrogens (tertiary/aromatic N) is 1. The van der Waals surface area contributed by atoms with Gasteiger partial charge in [0.1, 0.15) is 84.3 Å². The van der Waals surface area contributed by atoms with Gasteiger partial charge in [-0.15, -0.1) is 0 Å². The molecule has 1 aromatic rings. The number of benzene rings is 1. The van der Waals surface area contributed by atoms with Gasteiger partial charge in [-0.05, 0) is 111 Å². The van der Waals surface area contributed by atoms with Crippen molar-refractivity contribution in [2.45, 2.75) is 281 Å². The van der Waals surface area contributed by atoms with Gasteiger partial charge in [-0.1, -0.05) is 180 Å². The van der Waals surface area contributed by atoms with E-state index in [-0.39, 0.29) is 69.1 Å². The largest absolute Gasteiger partial charge is 0.458 e. The van der Waals surface area contributed by atoms with E-state index < -0.39 is 197 Å². The Bertz CT molecular complexity index is 3160. The third kappa shape index (κ3) is 27.7. The van der Waals surface area contributed by atoms with E-state index in [2.05, 4.69) is 77.6 Å². The lowest BCUT2D eigenvalue weighted by Crippen LogP contribution is -2.64. The third-order valence-electron chi connectivity index (χ3n) is 19.4. The van der Waals surface area contributed by atoms with Crippen LogP contribution in [0.25, 0.3) is 0 Å². The molecule has 0 saturated carbocycles. The summed E-state index contributed by atoms with van der Waals surface area (Å²) in [6.45, 7) is 34.4. The molecule has 590 valence electrons. The molecule has 15 atom stereocenters. The van der Waals surface area contributed by atoms with Gasteiger partial charge in [-0.25, -0.2) is 4.79 Å². The Hall–Kier alpha value is -8.50. The molecule has 1 aromatic carbocycles. The number of nitrogens with one attached hydrogen (secondary N) is 12. The summed E-state index contributed by atoms with van der Waals surface area (Å²) in [6.07, 6.45) is 2.71. The molecule has 0 spiro atoms. The summed E-state index contributed by atoms with van der Waals surface area (Å²) in [5.74, 6) is -14.6. The number of carbonyl (C=O) groups is 14. The summed E-state index contributed by atoms with van der Waals surface area (Å²) in [5, 5.41) is 33.0. The van der Waals surface area contributed by atoms with E-state index in [0.29, 0.717) is 30.7 Å². The zero-order valence-corrected chi connectivity index (χ0v) is 65.8. The van der Waals surface area contributed by atoms with E-state index in [1.54, 1.807) is 141 Å². The topological polar surface area (TPSA) is 422 Å². The van der Waals surface area contributed by atoms with Crippen molar-refractivity contribution >= 4 is 82.8 Å². The average Bonchev–Trinajstić information content (AvgIpc) is 1.79. The van der Waals surface area contributed by atoms with E-state index >= 15 is 9.59 Å². The fourth-order valence-electron chi connectivity index (χ4n) is 12.3. The maximum absolute atomic E-state index is 15.1. The Morgan fingerprint density at radius 1 is 0.581 bits per heavy atom. The van der Waals surface area contributed by atoms with Crippen LogP contribution in [0.3, 0.4) is 0 Å². The number of nitrogens with two attached hydrogens (primary N) is 1. The Morgan fingerprint density at radius 3 is 1.61 bits per heavy atom. The van der Waals surface area contributed by atoms with Gasteiger partial charge in [0.15, 0.2) is 0 Å². The van der Waals surface area contributed by atoms with Crippen LogP contribution in [0, 0.1) is 53.3 Å². The molecule has 3 rings (SSSR count). The first-order valence-corrected chi connectivity index (χ1v) is 37.8. The second kappa shape index (κ2) is 43.8. The molecule has 0 aromatic heterocycles. The molecule has 2 aliphatic rings. The summed E-state index contributed by atoms with van der Waals surface area (Å²) in [4.78, 5) is 203. The smallest absolute Gasteiger partial charge is 0.329 e. The number of cyclic esters (lactones) is 1. The molecule has 0 unspecified atom stereocenters. The Balaban J connectivity index is 2.00. The fraction of sp³-hybridized carbons (Fsp3) is 0.711. The van der Waals surface area contributed by atoms with Crippen molar-refractivity contribution in [1.29, 1.82) is 0 Å². The normalized spacial score (nSPS) is 22.3. The van der Waals surface area contributed by atoms with Crippen molar-refractivity contribution in [1.82, 2.24) is 68.7 Å². The first-order valence-electron chi connectivity index (χ1n) is 37.8. The number of carbonyl (C=O) groups excluding carboxylic acids is 14. The second-order valence-electron chi connectivity index (χ2n) is 30.7. The number of esters is 1. The van der Waals surface area contributed by atoms with Crippen molar-refractivity contribution in [3.8, 4) is 0 Å². The average molecular weight is 1480 g/mol. The van der Waals surface area contributed by atoms with E-state index in [4.69, 9.17) is 10.5 Å². The first kappa shape index (κ1) is 90.7. The maximum Gasteiger partial charge on any atom is 0.329 e. The molecular formula is C76H126N14O15. The lowest BCUT2D eigenvalue weighted by Gasteiger charge is -2.34. The SMILES string of the molecule is C/C=C1\NC(=O)[C@H](Cc2ccccc2)NC(=O)[C@@H](C(C)C)NC(=O)[C@@H]([C@@H](C)CC)NC(=O)[C@H](NC(=O)[C@H](NC(=O)[C@H](CCCN)NC(=O)[C@H]2CCCN2C(=O)[C@H](NC(=O)[C@@H](NC(=O)[C@@H](NC(=O)[C@H](NC(=O)CCCC(C)C)C(C)C)C(C)C)C(C)C)C(C)C)[C@@H](C)CC)[C@@H](C)OC(=O)[C@H](C(C)C)NC1=O. The summed E-state index contributed by atoms with van der Waals surface area (Å²) >= 11 is 0. The number of likely N-dealkylation sites (tertiary alicyclic amines) is 1. The number of hydrogen-bond donors (Lipinski definition) is 13. The summed E-state index contributed by atoms with van der Waals surface area (Å²) < 4.78 is 5.97. The van der Waals surface area contributed by atoms with Gasteiger partial charge in [-0.3, -0.25) is 62.3 Å². The molecule has 0 radical (unpaired) electrons. The second-order valence-corrected chi connectivity index (χ2v) is 30.7. The maximum atomic E-state index is 15.1. The molecule has 0 bridgehead atoms. The molecule has 0 aliphatic carbocycles. The molecule has 13 amide bonds. The van der Waals surface area contributed by atoms with E-state index in [1.807, 2.05) is 0 Å². The third-order valence-corrected chi connectivity index (χ3v) is 19.4. The standard InChI is InChI=1S/C76H126N14O15/c1-21-46(18)61(73(101)89-63-48(20)105-76(104)60(45(16)17)86-64(92)50(23-3)78-66(94)52(38-49-31-25-24-26-32-49)80-68(96)56(41(8)9)84-72(100)62(47(19)22-2)88-74(63)102)87-65(93)51(33-28-36-77)79-67(95)53-34-29-37-90(53)75(103)59(44(14)15)85-71(99)58(43(12)13)83-70(98)57(42(10)11)82-69(97)55(40(6)7)81-54(91)35-27-30-39(4)5/h23-26,31-32,39-48,51-53,55-63H,21-22,27-30,33-38,77H2,1-20H3,(H,78,94)(H,79,95)(H,80,96)(H,81,91)(H,82,97)(H,83,98)(H,84,100)(H,85,99)(H,86,92)(H,87,93)(H,88,102)(H,89,101)/b50-23-/t46-,47-,48+,51-,52-,53+,55+,56+,57-,58-,59+,60-,61+,62+,63+/m0/s1. The molecular weight excluding hydrogens is 1350 g/mol. The van der Waals surface area contributed by atoms with Gasteiger partial charge in [-0.2, -0.15) is 0 Å². The molecule has 14 N–H and O–H groups in total. The molecule has 2 heterocycles. The molecule has 2 fully saturated rings. The number of amides is 13. The van der Waals surface area contributed by atoms with Crippen LogP contribution in [0.2, 0.25) is 0 Å². The van der Waals surface area contributed by atoms with Crippen LogP contribution >= 0.6 is 0 Å². The summed E-state index contributed by atoms with van der Waals surface area (Å²) in [7, 11) is 0. The zero-order valence-electron chi connectivity index (χ0n) is 65.8. The predicted octanol–water partition coefficient (Wildman–Crippen LogP) is 3.11. The number of rotatable bonds is 33. The van der Waals surface area contributed by atoms with Crippen LogP contribution in [0.5, 0.6) is 0 Å². The summed E-state index contributed by atoms with van der Waals surface area (Å²) in [6, 6.07) is -6.84. The van der Waals surface area contributed by atoms with Crippen LogP contribution < -0.4 is 69.5 Å². The van der Waals surface area contributed by atoms with E-state index in [1.165, 1.54) is 24.8 Å². The minimum absolute atomic E-state index is 0.0313. The van der Waals surface area contributed by atoms with Gasteiger partial charge in [0, 0.05) is 19.4 Å². The Labute approximate surface area is 621 Å². The lowest BCUT2D eigenvalue weighted by molar-refractivity contribution is -0.157. The van der Waals surface area contributed by atoms with Crippen LogP contribution in [0.15, 0.2) is 42.1 Å².